The summed E-state index contributed by atoms with van der Waals surface area (Å²) in [5.74, 6) is 0.602. The summed E-state index contributed by atoms with van der Waals surface area (Å²) in [5.41, 5.74) is 0.610. The molecule has 1 N–H and O–H groups in total. The molecule has 0 spiro atoms. The van der Waals surface area contributed by atoms with Gasteiger partial charge < -0.3 is 10.1 Å². The molecular weight excluding hydrogens is 218 g/mol. The molecule has 1 aromatic heterocycles. The second-order valence-electron chi connectivity index (χ2n) is 4.47. The minimum Gasteiger partial charge on any atom is -0.468 e. The van der Waals surface area contributed by atoms with Crippen LogP contribution in [0.15, 0.2) is 10.9 Å². The molecule has 1 aromatic rings. The van der Waals surface area contributed by atoms with Gasteiger partial charge in [-0.05, 0) is 19.4 Å². The van der Waals surface area contributed by atoms with E-state index in [2.05, 4.69) is 24.1 Å². The predicted molar refractivity (Wildman–Crippen MR) is 67.5 cm³/mol. The van der Waals surface area contributed by atoms with Crippen molar-refractivity contribution in [3.8, 4) is 6.01 Å². The van der Waals surface area contributed by atoms with Crippen LogP contribution >= 0.6 is 0 Å². The molecule has 1 rings (SSSR count). The second-order valence-corrected chi connectivity index (χ2v) is 4.47. The third-order valence-corrected chi connectivity index (χ3v) is 2.35. The Morgan fingerprint density at radius 1 is 1.53 bits per heavy atom. The van der Waals surface area contributed by atoms with Crippen LogP contribution in [0.2, 0.25) is 0 Å². The molecule has 1 heterocycles. The molecule has 0 radical (unpaired) electrons. The van der Waals surface area contributed by atoms with E-state index in [0.29, 0.717) is 24.2 Å². The van der Waals surface area contributed by atoms with E-state index in [1.54, 1.807) is 11.5 Å². The van der Waals surface area contributed by atoms with E-state index < -0.39 is 0 Å². The topological polar surface area (TPSA) is 56.1 Å². The first-order valence-electron chi connectivity index (χ1n) is 5.87. The van der Waals surface area contributed by atoms with Crippen molar-refractivity contribution in [1.29, 1.82) is 0 Å². The fourth-order valence-corrected chi connectivity index (χ4v) is 1.54. The van der Waals surface area contributed by atoms with Crippen molar-refractivity contribution in [2.24, 2.45) is 5.92 Å². The normalized spacial score (nSPS) is 10.9. The van der Waals surface area contributed by atoms with Crippen LogP contribution in [0.1, 0.15) is 19.5 Å². The Bertz CT molecular complexity index is 413. The summed E-state index contributed by atoms with van der Waals surface area (Å²) in [6, 6.07) is 1.90. The summed E-state index contributed by atoms with van der Waals surface area (Å²) in [4.78, 5) is 15.9. The van der Waals surface area contributed by atoms with Gasteiger partial charge in [-0.1, -0.05) is 13.8 Å². The number of methoxy groups -OCH3 is 1. The minimum atomic E-state index is -0.0688. The average Bonchev–Trinajstić information content (AvgIpc) is 2.25. The smallest absolute Gasteiger partial charge is 0.299 e. The molecule has 0 aliphatic carbocycles. The number of rotatable bonds is 6. The minimum absolute atomic E-state index is 0.0688. The number of aromatic nitrogens is 2. The van der Waals surface area contributed by atoms with Gasteiger partial charge in [0.1, 0.15) is 0 Å². The third kappa shape index (κ3) is 4.19. The summed E-state index contributed by atoms with van der Waals surface area (Å²) >= 11 is 0. The molecule has 0 unspecified atom stereocenters. The third-order valence-electron chi connectivity index (χ3n) is 2.35. The van der Waals surface area contributed by atoms with Gasteiger partial charge in [0, 0.05) is 24.8 Å². The highest BCUT2D eigenvalue weighted by atomic mass is 16.5. The maximum absolute atomic E-state index is 11.8. The molecule has 0 saturated carbocycles. The Balaban J connectivity index is 2.67. The molecule has 0 atom stereocenters. The summed E-state index contributed by atoms with van der Waals surface area (Å²) in [6.07, 6.45) is 0. The van der Waals surface area contributed by atoms with Crippen molar-refractivity contribution >= 4 is 0 Å². The summed E-state index contributed by atoms with van der Waals surface area (Å²) in [7, 11) is 1.53. The first-order chi connectivity index (χ1) is 8.04. The quantitative estimate of drug-likeness (QED) is 0.746. The number of hydrogen-bond acceptors (Lipinski definition) is 4. The van der Waals surface area contributed by atoms with Gasteiger partial charge in [-0.3, -0.25) is 9.36 Å². The Hall–Kier alpha value is -1.36. The Labute approximate surface area is 102 Å². The van der Waals surface area contributed by atoms with Crippen LogP contribution < -0.4 is 15.6 Å². The maximum atomic E-state index is 11.8. The van der Waals surface area contributed by atoms with E-state index in [9.17, 15) is 4.79 Å². The second kappa shape index (κ2) is 6.39. The van der Waals surface area contributed by atoms with Crippen LogP contribution in [0.5, 0.6) is 6.01 Å². The maximum Gasteiger partial charge on any atom is 0.299 e. The lowest BCUT2D eigenvalue weighted by Crippen LogP contribution is -2.30. The van der Waals surface area contributed by atoms with Crippen molar-refractivity contribution in [1.82, 2.24) is 14.9 Å². The highest BCUT2D eigenvalue weighted by Crippen LogP contribution is 2.03. The van der Waals surface area contributed by atoms with Crippen molar-refractivity contribution in [3.05, 3.63) is 22.1 Å². The van der Waals surface area contributed by atoms with E-state index >= 15 is 0 Å². The molecular formula is C12H21N3O2. The lowest BCUT2D eigenvalue weighted by molar-refractivity contribution is 0.342. The molecule has 0 fully saturated rings. The van der Waals surface area contributed by atoms with E-state index in [1.807, 2.05) is 0 Å². The van der Waals surface area contributed by atoms with E-state index in [0.717, 1.165) is 13.1 Å². The monoisotopic (exact) mass is 239 g/mol. The van der Waals surface area contributed by atoms with Crippen LogP contribution in [-0.2, 0) is 6.54 Å². The number of aryl methyl sites for hydroxylation is 1. The van der Waals surface area contributed by atoms with Gasteiger partial charge in [0.25, 0.3) is 11.6 Å². The summed E-state index contributed by atoms with van der Waals surface area (Å²) in [6.45, 7) is 8.32. The van der Waals surface area contributed by atoms with Crippen molar-refractivity contribution < 1.29 is 4.74 Å². The van der Waals surface area contributed by atoms with Crippen molar-refractivity contribution in [3.63, 3.8) is 0 Å². The van der Waals surface area contributed by atoms with E-state index in [4.69, 9.17) is 4.74 Å². The Morgan fingerprint density at radius 2 is 2.24 bits per heavy atom. The van der Waals surface area contributed by atoms with Gasteiger partial charge in [-0.2, -0.15) is 0 Å². The van der Waals surface area contributed by atoms with Gasteiger partial charge in [0.05, 0.1) is 7.11 Å². The number of ether oxygens (including phenoxy) is 1. The first kappa shape index (κ1) is 13.7. The number of nitrogens with zero attached hydrogens (tertiary/aromatic N) is 2. The van der Waals surface area contributed by atoms with Gasteiger partial charge in [-0.15, -0.1) is 0 Å². The molecule has 5 heteroatoms. The highest BCUT2D eigenvalue weighted by molar-refractivity contribution is 5.06. The fraction of sp³-hybridized carbons (Fsp3) is 0.667. The molecule has 0 amide bonds. The zero-order chi connectivity index (χ0) is 12.8. The van der Waals surface area contributed by atoms with Crippen LogP contribution in [0.3, 0.4) is 0 Å². The van der Waals surface area contributed by atoms with Crippen molar-refractivity contribution in [2.45, 2.75) is 27.3 Å². The van der Waals surface area contributed by atoms with Crippen LogP contribution in [-0.4, -0.2) is 29.8 Å². The zero-order valence-electron chi connectivity index (χ0n) is 11.0. The van der Waals surface area contributed by atoms with E-state index in [-0.39, 0.29) is 5.56 Å². The molecule has 5 nitrogen and oxygen atoms in total. The van der Waals surface area contributed by atoms with Crippen LogP contribution in [0.4, 0.5) is 0 Å². The lowest BCUT2D eigenvalue weighted by Gasteiger charge is -2.12. The Morgan fingerprint density at radius 3 is 2.82 bits per heavy atom. The summed E-state index contributed by atoms with van der Waals surface area (Å²) < 4.78 is 6.65. The number of nitrogens with one attached hydrogen (secondary N) is 1. The molecule has 0 aliphatic rings. The summed E-state index contributed by atoms with van der Waals surface area (Å²) in [5, 5.41) is 3.28. The largest absolute Gasteiger partial charge is 0.468 e. The zero-order valence-corrected chi connectivity index (χ0v) is 11.0. The molecule has 17 heavy (non-hydrogen) atoms. The highest BCUT2D eigenvalue weighted by Gasteiger charge is 2.06. The lowest BCUT2D eigenvalue weighted by atomic mass is 10.2. The van der Waals surface area contributed by atoms with E-state index in [1.165, 1.54) is 13.2 Å². The van der Waals surface area contributed by atoms with Gasteiger partial charge in [0.15, 0.2) is 0 Å². The molecule has 0 saturated heterocycles. The van der Waals surface area contributed by atoms with Crippen LogP contribution in [0.25, 0.3) is 0 Å². The van der Waals surface area contributed by atoms with Crippen molar-refractivity contribution in [2.75, 3.05) is 20.2 Å². The number of hydrogen-bond donors (Lipinski definition) is 1. The average molecular weight is 239 g/mol. The molecule has 0 aliphatic heterocycles. The fourth-order valence-electron chi connectivity index (χ4n) is 1.54. The first-order valence-corrected chi connectivity index (χ1v) is 5.87. The van der Waals surface area contributed by atoms with Gasteiger partial charge in [0.2, 0.25) is 0 Å². The van der Waals surface area contributed by atoms with Gasteiger partial charge >= 0.3 is 0 Å². The Kier molecular flexibility index (Phi) is 5.15. The molecule has 0 bridgehead atoms. The molecule has 96 valence electrons. The molecule has 0 aromatic carbocycles. The predicted octanol–water partition coefficient (Wildman–Crippen LogP) is 0.806. The standard InChI is InChI=1S/C12H21N3O2/c1-9(2)8-13-5-6-15-11(16)7-10(3)14-12(15)17-4/h7,9,13H,5-6,8H2,1-4H3. The van der Waals surface area contributed by atoms with Crippen LogP contribution in [0, 0.1) is 12.8 Å². The SMILES string of the molecule is COc1nc(C)cc(=O)n1CCNCC(C)C. The van der Waals surface area contributed by atoms with Gasteiger partial charge in [-0.25, -0.2) is 4.98 Å².